The van der Waals surface area contributed by atoms with Gasteiger partial charge in [-0.2, -0.15) is 0 Å². The molecule has 0 aromatic carbocycles. The summed E-state index contributed by atoms with van der Waals surface area (Å²) in [5.41, 5.74) is 0. The zero-order valence-corrected chi connectivity index (χ0v) is 54.6. The Morgan fingerprint density at radius 1 is 0.444 bits per heavy atom. The number of amides is 1. The maximum atomic E-state index is 13.0. The Hall–Kier alpha value is -2.58. The molecule has 0 aliphatic carbocycles. The normalized spacial score (nSPS) is 14.3. The molecular weight excluding hydrogens is 1020 g/mol. The molecule has 0 bridgehead atoms. The van der Waals surface area contributed by atoms with Gasteiger partial charge in [-0.15, -0.1) is 0 Å². The lowest BCUT2D eigenvalue weighted by molar-refractivity contribution is -0.870. The van der Waals surface area contributed by atoms with Gasteiger partial charge >= 0.3 is 0 Å². The van der Waals surface area contributed by atoms with E-state index in [9.17, 15) is 19.4 Å². The number of rotatable bonds is 62. The van der Waals surface area contributed by atoms with Gasteiger partial charge < -0.3 is 28.8 Å². The molecule has 0 aromatic heterocycles. The minimum atomic E-state index is -4.60. The quantitative estimate of drug-likeness (QED) is 0.0272. The van der Waals surface area contributed by atoms with E-state index in [2.05, 4.69) is 116 Å². The standard InChI is InChI=1S/C72H131N2O6P/c1-6-8-10-12-14-16-18-20-22-24-26-28-30-32-34-36-38-39-41-43-45-47-49-51-53-55-57-59-61-63-65-71(75)70(69-80-81(77,78)79-68-67-74(3,4)5)73-72(76)66-64-62-60-58-56-54-52-50-48-46-44-42-40-37-35-33-31-29-27-25-23-21-19-17-15-13-11-9-7-2/h9,11,15,17,21,23,27,29,33,35,40,42,46,48,52,54,70-71,75H,6-8,10,12-14,16,18-20,22,24-26,28,30-32,34,36-39,41,43-45,47,49-51,53,55-69H2,1-5H3,(H-,73,76,77,78)/b11-9-,17-15-,23-21-,29-27-,35-33-,42-40-,48-46-,54-52-. The average molecular weight is 1150 g/mol. The molecule has 2 N–H and O–H groups in total. The van der Waals surface area contributed by atoms with Crippen molar-refractivity contribution in [3.63, 3.8) is 0 Å². The van der Waals surface area contributed by atoms with Crippen LogP contribution in [-0.2, 0) is 18.4 Å². The molecule has 0 fully saturated rings. The van der Waals surface area contributed by atoms with Crippen LogP contribution in [0, 0.1) is 0 Å². The van der Waals surface area contributed by atoms with Gasteiger partial charge in [0.05, 0.1) is 39.9 Å². The molecule has 0 heterocycles. The number of nitrogens with one attached hydrogen (secondary N) is 1. The second kappa shape index (κ2) is 62.0. The van der Waals surface area contributed by atoms with Crippen LogP contribution >= 0.6 is 7.82 Å². The Bertz CT molecular complexity index is 1640. The molecule has 0 aliphatic rings. The lowest BCUT2D eigenvalue weighted by Gasteiger charge is -2.30. The van der Waals surface area contributed by atoms with Gasteiger partial charge in [-0.05, 0) is 77.0 Å². The van der Waals surface area contributed by atoms with Crippen molar-refractivity contribution in [1.82, 2.24) is 5.32 Å². The van der Waals surface area contributed by atoms with E-state index < -0.39 is 20.0 Å². The van der Waals surface area contributed by atoms with Crippen molar-refractivity contribution in [3.8, 4) is 0 Å². The highest BCUT2D eigenvalue weighted by molar-refractivity contribution is 7.45. The van der Waals surface area contributed by atoms with Crippen molar-refractivity contribution in [2.45, 2.75) is 315 Å². The van der Waals surface area contributed by atoms with Crippen LogP contribution < -0.4 is 10.2 Å². The number of carbonyl (C=O) groups excluding carboxylic acids is 1. The summed E-state index contributed by atoms with van der Waals surface area (Å²) < 4.78 is 23.5. The second-order valence-corrected chi connectivity index (χ2v) is 25.6. The molecule has 3 atom stereocenters. The minimum Gasteiger partial charge on any atom is -0.756 e. The Morgan fingerprint density at radius 2 is 0.753 bits per heavy atom. The predicted molar refractivity (Wildman–Crippen MR) is 353 cm³/mol. The molecular formula is C72H131N2O6P. The Morgan fingerprint density at radius 3 is 1.10 bits per heavy atom. The number of hydrogen-bond acceptors (Lipinski definition) is 6. The smallest absolute Gasteiger partial charge is 0.268 e. The number of likely N-dealkylation sites (N-methyl/N-ethyl adjacent to an activating group) is 1. The summed E-state index contributed by atoms with van der Waals surface area (Å²) in [5, 5.41) is 14.1. The van der Waals surface area contributed by atoms with Crippen LogP contribution in [0.25, 0.3) is 0 Å². The minimum absolute atomic E-state index is 0.00208. The molecule has 0 radical (unpaired) electrons. The van der Waals surface area contributed by atoms with E-state index in [-0.39, 0.29) is 19.1 Å². The monoisotopic (exact) mass is 1150 g/mol. The number of aliphatic hydroxyl groups is 1. The van der Waals surface area contributed by atoms with Crippen molar-refractivity contribution in [2.24, 2.45) is 0 Å². The first-order chi connectivity index (χ1) is 39.5. The van der Waals surface area contributed by atoms with Gasteiger partial charge in [0.25, 0.3) is 7.82 Å². The van der Waals surface area contributed by atoms with Gasteiger partial charge in [0.15, 0.2) is 0 Å². The first-order valence-electron chi connectivity index (χ1n) is 34.1. The molecule has 470 valence electrons. The first-order valence-corrected chi connectivity index (χ1v) is 35.5. The third kappa shape index (κ3) is 64.8. The summed E-state index contributed by atoms with van der Waals surface area (Å²) in [6.07, 6.45) is 89.0. The lowest BCUT2D eigenvalue weighted by atomic mass is 10.0. The van der Waals surface area contributed by atoms with Gasteiger partial charge in [-0.25, -0.2) is 0 Å². The highest BCUT2D eigenvalue weighted by atomic mass is 31.2. The van der Waals surface area contributed by atoms with Gasteiger partial charge in [0, 0.05) is 6.42 Å². The molecule has 0 aromatic rings. The largest absolute Gasteiger partial charge is 0.756 e. The van der Waals surface area contributed by atoms with Gasteiger partial charge in [0.1, 0.15) is 13.2 Å². The molecule has 0 aliphatic heterocycles. The molecule has 0 saturated heterocycles. The maximum absolute atomic E-state index is 13.0. The number of aliphatic hydroxyl groups excluding tert-OH is 1. The lowest BCUT2D eigenvalue weighted by Crippen LogP contribution is -2.46. The zero-order valence-electron chi connectivity index (χ0n) is 53.7. The Balaban J connectivity index is 4.15. The molecule has 0 rings (SSSR count). The third-order valence-electron chi connectivity index (χ3n) is 15.1. The van der Waals surface area contributed by atoms with Crippen LogP contribution in [0.3, 0.4) is 0 Å². The fourth-order valence-corrected chi connectivity index (χ4v) is 10.5. The van der Waals surface area contributed by atoms with E-state index in [4.69, 9.17) is 9.05 Å². The number of nitrogens with zero attached hydrogens (tertiary/aromatic N) is 1. The van der Waals surface area contributed by atoms with E-state index in [1.807, 2.05) is 21.1 Å². The van der Waals surface area contributed by atoms with Gasteiger partial charge in [-0.1, -0.05) is 317 Å². The molecule has 0 spiro atoms. The summed E-state index contributed by atoms with van der Waals surface area (Å²) in [5.74, 6) is -0.189. The molecule has 8 nitrogen and oxygen atoms in total. The van der Waals surface area contributed by atoms with E-state index in [1.165, 1.54) is 173 Å². The van der Waals surface area contributed by atoms with E-state index in [0.717, 1.165) is 103 Å². The van der Waals surface area contributed by atoms with Crippen LogP contribution in [0.1, 0.15) is 303 Å². The fraction of sp³-hybridized carbons (Fsp3) is 0.764. The number of quaternary nitrogens is 1. The first kappa shape index (κ1) is 78.4. The summed E-state index contributed by atoms with van der Waals surface area (Å²) in [6, 6.07) is -0.824. The number of carbonyl (C=O) groups is 1. The predicted octanol–water partition coefficient (Wildman–Crippen LogP) is 21.1. The van der Waals surface area contributed by atoms with Gasteiger partial charge in [-0.3, -0.25) is 9.36 Å². The zero-order chi connectivity index (χ0) is 59.1. The third-order valence-corrected chi connectivity index (χ3v) is 16.1. The number of phosphoric ester groups is 1. The van der Waals surface area contributed by atoms with Crippen molar-refractivity contribution < 1.29 is 32.9 Å². The highest BCUT2D eigenvalue weighted by Gasteiger charge is 2.24. The molecule has 3 unspecified atom stereocenters. The van der Waals surface area contributed by atoms with Crippen LogP contribution in [0.5, 0.6) is 0 Å². The van der Waals surface area contributed by atoms with Crippen molar-refractivity contribution in [1.29, 1.82) is 0 Å². The van der Waals surface area contributed by atoms with E-state index in [0.29, 0.717) is 23.9 Å². The van der Waals surface area contributed by atoms with Crippen molar-refractivity contribution in [2.75, 3.05) is 40.9 Å². The molecule has 0 saturated carbocycles. The van der Waals surface area contributed by atoms with Crippen molar-refractivity contribution in [3.05, 3.63) is 97.2 Å². The Kier molecular flexibility index (Phi) is 60.0. The average Bonchev–Trinajstić information content (AvgIpc) is 3.43. The van der Waals surface area contributed by atoms with Crippen LogP contribution in [0.4, 0.5) is 0 Å². The SMILES string of the molecule is CC/C=C\C/C=C\C/C=C\C/C=C\C/C=C\C/C=C\C/C=C\C/C=C\CCCCCCC(=O)NC(COP(=O)([O-])OCC[N+](C)(C)C)C(O)CCCCCCCCCCCCCCCCCCCCCCCCCCCCCCCC. The van der Waals surface area contributed by atoms with E-state index in [1.54, 1.807) is 0 Å². The summed E-state index contributed by atoms with van der Waals surface area (Å²) in [6.45, 7) is 4.61. The summed E-state index contributed by atoms with van der Waals surface area (Å²) in [7, 11) is 1.28. The number of unbranched alkanes of at least 4 members (excludes halogenated alkanes) is 33. The van der Waals surface area contributed by atoms with Crippen LogP contribution in [0.2, 0.25) is 0 Å². The second-order valence-electron chi connectivity index (χ2n) is 24.2. The van der Waals surface area contributed by atoms with Crippen LogP contribution in [-0.4, -0.2) is 68.5 Å². The molecule has 81 heavy (non-hydrogen) atoms. The highest BCUT2D eigenvalue weighted by Crippen LogP contribution is 2.38. The summed E-state index contributed by atoms with van der Waals surface area (Å²) >= 11 is 0. The number of hydrogen-bond donors (Lipinski definition) is 2. The number of phosphoric acid groups is 1. The maximum Gasteiger partial charge on any atom is 0.268 e. The van der Waals surface area contributed by atoms with Gasteiger partial charge in [0.2, 0.25) is 5.91 Å². The molecule has 1 amide bonds. The topological polar surface area (TPSA) is 108 Å². The Labute approximate surface area is 502 Å². The number of allylic oxidation sites excluding steroid dienone is 16. The van der Waals surface area contributed by atoms with E-state index >= 15 is 0 Å². The molecule has 9 heteroatoms. The van der Waals surface area contributed by atoms with Crippen LogP contribution in [0.15, 0.2) is 97.2 Å². The van der Waals surface area contributed by atoms with Crippen molar-refractivity contribution >= 4 is 13.7 Å². The fourth-order valence-electron chi connectivity index (χ4n) is 9.82. The summed E-state index contributed by atoms with van der Waals surface area (Å²) in [4.78, 5) is 25.6.